The average Bonchev–Trinajstić information content (AvgIpc) is 3.11. The van der Waals surface area contributed by atoms with Crippen LogP contribution >= 0.6 is 35.0 Å². The Morgan fingerprint density at radius 2 is 1.93 bits per heavy atom. The van der Waals surface area contributed by atoms with E-state index < -0.39 is 11.7 Å². The molecule has 4 nitrogen and oxygen atoms in total. The summed E-state index contributed by atoms with van der Waals surface area (Å²) in [6, 6.07) is 9.80. The second-order valence-corrected chi connectivity index (χ2v) is 7.66. The summed E-state index contributed by atoms with van der Waals surface area (Å²) in [4.78, 5) is 15.9. The first-order chi connectivity index (χ1) is 13.7. The van der Waals surface area contributed by atoms with Gasteiger partial charge in [0.1, 0.15) is 0 Å². The quantitative estimate of drug-likeness (QED) is 0.497. The second-order valence-electron chi connectivity index (χ2n) is 5.90. The van der Waals surface area contributed by atoms with E-state index in [1.54, 1.807) is 28.8 Å². The monoisotopic (exact) mass is 459 g/mol. The van der Waals surface area contributed by atoms with Crippen molar-refractivity contribution in [2.24, 2.45) is 0 Å². The van der Waals surface area contributed by atoms with Crippen molar-refractivity contribution in [2.45, 2.75) is 11.3 Å². The van der Waals surface area contributed by atoms with Gasteiger partial charge in [-0.3, -0.25) is 9.36 Å². The first-order valence-electron chi connectivity index (χ1n) is 8.25. The van der Waals surface area contributed by atoms with E-state index in [0.717, 1.165) is 23.9 Å². The summed E-state index contributed by atoms with van der Waals surface area (Å²) in [6.07, 6.45) is -2.97. The number of nitrogens with one attached hydrogen (secondary N) is 1. The Labute approximate surface area is 179 Å². The molecule has 1 N–H and O–H groups in total. The molecular formula is C19H14Cl2F3N3OS. The minimum Gasteiger partial charge on any atom is -0.358 e. The number of aromatic nitrogens is 2. The second kappa shape index (κ2) is 8.69. The topological polar surface area (TPSA) is 46.9 Å². The Morgan fingerprint density at radius 1 is 1.17 bits per heavy atom. The molecule has 0 saturated heterocycles. The molecule has 1 heterocycles. The van der Waals surface area contributed by atoms with Gasteiger partial charge in [0.05, 0.1) is 33.3 Å². The third-order valence-electron chi connectivity index (χ3n) is 3.99. The summed E-state index contributed by atoms with van der Waals surface area (Å²) >= 11 is 13.2. The van der Waals surface area contributed by atoms with Crippen LogP contribution in [-0.4, -0.2) is 28.3 Å². The lowest BCUT2D eigenvalue weighted by Crippen LogP contribution is -2.20. The summed E-state index contributed by atoms with van der Waals surface area (Å²) in [5.41, 5.74) is 0.613. The Hall–Kier alpha value is -2.16. The third kappa shape index (κ3) is 4.88. The van der Waals surface area contributed by atoms with Gasteiger partial charge in [-0.1, -0.05) is 47.1 Å². The molecule has 0 atom stereocenters. The van der Waals surface area contributed by atoms with Gasteiger partial charge in [-0.05, 0) is 30.3 Å². The minimum absolute atomic E-state index is 0.0628. The molecule has 0 radical (unpaired) electrons. The number of thioether (sulfide) groups is 1. The maximum Gasteiger partial charge on any atom is 0.416 e. The van der Waals surface area contributed by atoms with E-state index in [1.807, 2.05) is 0 Å². The lowest BCUT2D eigenvalue weighted by Gasteiger charge is -2.14. The highest BCUT2D eigenvalue weighted by Crippen LogP contribution is 2.35. The van der Waals surface area contributed by atoms with Gasteiger partial charge < -0.3 is 5.32 Å². The van der Waals surface area contributed by atoms with Gasteiger partial charge in [0.25, 0.3) is 0 Å². The molecule has 29 heavy (non-hydrogen) atoms. The fourth-order valence-electron chi connectivity index (χ4n) is 2.57. The van der Waals surface area contributed by atoms with Crippen molar-refractivity contribution in [3.05, 3.63) is 64.3 Å². The predicted octanol–water partition coefficient (Wildman–Crippen LogP) is 5.70. The molecule has 152 valence electrons. The molecule has 10 heteroatoms. The van der Waals surface area contributed by atoms with Crippen LogP contribution in [0.3, 0.4) is 0 Å². The van der Waals surface area contributed by atoms with E-state index in [-0.39, 0.29) is 17.3 Å². The molecule has 0 aliphatic carbocycles. The van der Waals surface area contributed by atoms with E-state index in [2.05, 4.69) is 10.3 Å². The maximum absolute atomic E-state index is 13.2. The third-order valence-corrected chi connectivity index (χ3v) is 5.68. The van der Waals surface area contributed by atoms with Gasteiger partial charge in [0, 0.05) is 18.3 Å². The van der Waals surface area contributed by atoms with Crippen LogP contribution in [0.25, 0.3) is 16.9 Å². The van der Waals surface area contributed by atoms with Crippen molar-refractivity contribution >= 4 is 40.9 Å². The molecule has 0 unspecified atom stereocenters. The normalized spacial score (nSPS) is 11.5. The van der Waals surface area contributed by atoms with Crippen LogP contribution in [0.15, 0.2) is 53.8 Å². The standard InChI is InChI=1S/C19H14Cl2F3N3OS/c1-25-17(28)10-29-18-26-9-16(11-5-6-14(20)15(21)7-11)27(18)13-4-2-3-12(8-13)19(22,23)24/h2-9H,10H2,1H3,(H,25,28). The zero-order chi connectivity index (χ0) is 21.2. The molecule has 0 aliphatic rings. The van der Waals surface area contributed by atoms with Crippen molar-refractivity contribution in [3.63, 3.8) is 0 Å². The number of hydrogen-bond acceptors (Lipinski definition) is 3. The lowest BCUT2D eigenvalue weighted by atomic mass is 10.1. The molecule has 3 aromatic rings. The van der Waals surface area contributed by atoms with Crippen molar-refractivity contribution in [1.82, 2.24) is 14.9 Å². The van der Waals surface area contributed by atoms with Crippen molar-refractivity contribution in [2.75, 3.05) is 12.8 Å². The molecule has 1 aromatic heterocycles. The number of halogens is 5. The highest BCUT2D eigenvalue weighted by molar-refractivity contribution is 7.99. The zero-order valence-electron chi connectivity index (χ0n) is 14.9. The van der Waals surface area contributed by atoms with Gasteiger partial charge in [-0.2, -0.15) is 13.2 Å². The number of nitrogens with zero attached hydrogens (tertiary/aromatic N) is 2. The van der Waals surface area contributed by atoms with Crippen LogP contribution in [0.2, 0.25) is 10.0 Å². The largest absolute Gasteiger partial charge is 0.416 e. The average molecular weight is 460 g/mol. The minimum atomic E-state index is -4.49. The fraction of sp³-hybridized carbons (Fsp3) is 0.158. The summed E-state index contributed by atoms with van der Waals surface area (Å²) in [5.74, 6) is -0.169. The number of benzene rings is 2. The number of alkyl halides is 3. The fourth-order valence-corrected chi connectivity index (χ4v) is 3.73. The first-order valence-corrected chi connectivity index (χ1v) is 9.99. The Bertz CT molecular complexity index is 1050. The van der Waals surface area contributed by atoms with E-state index in [1.165, 1.54) is 19.3 Å². The summed E-state index contributed by atoms with van der Waals surface area (Å²) in [5, 5.41) is 3.53. The molecule has 0 fully saturated rings. The molecule has 2 aromatic carbocycles. The van der Waals surface area contributed by atoms with Crippen LogP contribution in [0.5, 0.6) is 0 Å². The van der Waals surface area contributed by atoms with Gasteiger partial charge in [0.15, 0.2) is 5.16 Å². The van der Waals surface area contributed by atoms with E-state index >= 15 is 0 Å². The Kier molecular flexibility index (Phi) is 6.45. The lowest BCUT2D eigenvalue weighted by molar-refractivity contribution is -0.137. The number of carbonyl (C=O) groups excluding carboxylic acids is 1. The van der Waals surface area contributed by atoms with Crippen molar-refractivity contribution < 1.29 is 18.0 Å². The van der Waals surface area contributed by atoms with Gasteiger partial charge in [-0.25, -0.2) is 4.98 Å². The molecular weight excluding hydrogens is 446 g/mol. The van der Waals surface area contributed by atoms with Crippen LogP contribution in [-0.2, 0) is 11.0 Å². The molecule has 0 bridgehead atoms. The number of amides is 1. The smallest absolute Gasteiger partial charge is 0.358 e. The van der Waals surface area contributed by atoms with Gasteiger partial charge in [-0.15, -0.1) is 0 Å². The number of carbonyl (C=O) groups is 1. The molecule has 3 rings (SSSR count). The number of rotatable bonds is 5. The number of imidazole rings is 1. The predicted molar refractivity (Wildman–Crippen MR) is 109 cm³/mol. The molecule has 0 aliphatic heterocycles. The Balaban J connectivity index is 2.14. The van der Waals surface area contributed by atoms with Crippen molar-refractivity contribution in [1.29, 1.82) is 0 Å². The van der Waals surface area contributed by atoms with Crippen LogP contribution in [0, 0.1) is 0 Å². The van der Waals surface area contributed by atoms with E-state index in [0.29, 0.717) is 26.5 Å². The summed E-state index contributed by atoms with van der Waals surface area (Å²) in [6.45, 7) is 0. The van der Waals surface area contributed by atoms with Crippen LogP contribution in [0.1, 0.15) is 5.56 Å². The highest BCUT2D eigenvalue weighted by Gasteiger charge is 2.31. The first kappa shape index (κ1) is 21.5. The van der Waals surface area contributed by atoms with Gasteiger partial charge in [0.2, 0.25) is 5.91 Å². The van der Waals surface area contributed by atoms with Crippen LogP contribution < -0.4 is 5.32 Å². The SMILES string of the molecule is CNC(=O)CSc1ncc(-c2ccc(Cl)c(Cl)c2)n1-c1cccc(C(F)(F)F)c1. The summed E-state index contributed by atoms with van der Waals surface area (Å²) in [7, 11) is 1.50. The molecule has 0 saturated carbocycles. The number of hydrogen-bond donors (Lipinski definition) is 1. The van der Waals surface area contributed by atoms with Crippen molar-refractivity contribution in [3.8, 4) is 16.9 Å². The van der Waals surface area contributed by atoms with E-state index in [9.17, 15) is 18.0 Å². The van der Waals surface area contributed by atoms with Gasteiger partial charge >= 0.3 is 6.18 Å². The van der Waals surface area contributed by atoms with E-state index in [4.69, 9.17) is 23.2 Å². The summed E-state index contributed by atoms with van der Waals surface area (Å²) < 4.78 is 41.2. The Morgan fingerprint density at radius 3 is 2.59 bits per heavy atom. The molecule has 1 amide bonds. The maximum atomic E-state index is 13.2. The highest BCUT2D eigenvalue weighted by atomic mass is 35.5. The molecule has 0 spiro atoms. The zero-order valence-corrected chi connectivity index (χ0v) is 17.3. The van der Waals surface area contributed by atoms with Crippen LogP contribution in [0.4, 0.5) is 13.2 Å².